The summed E-state index contributed by atoms with van der Waals surface area (Å²) in [5.41, 5.74) is 0.728. The zero-order chi connectivity index (χ0) is 16.8. The first-order valence-electron chi connectivity index (χ1n) is 9.06. The molecule has 1 aromatic carbocycles. The molecule has 0 fully saturated rings. The maximum absolute atomic E-state index is 12.5. The van der Waals surface area contributed by atoms with Gasteiger partial charge in [-0.1, -0.05) is 88.6 Å². The average Bonchev–Trinajstić information content (AvgIpc) is 2.60. The number of halogens is 1. The highest BCUT2D eigenvalue weighted by Gasteiger charge is 2.19. The van der Waals surface area contributed by atoms with E-state index in [1.807, 2.05) is 30.3 Å². The Balaban J connectivity index is 2.30. The van der Waals surface area contributed by atoms with Gasteiger partial charge < -0.3 is 4.74 Å². The Labute approximate surface area is 146 Å². The van der Waals surface area contributed by atoms with Gasteiger partial charge in [0.2, 0.25) is 0 Å². The Kier molecular flexibility index (Phi) is 11.9. The van der Waals surface area contributed by atoms with Gasteiger partial charge in [0.1, 0.15) is 6.10 Å². The number of rotatable bonds is 14. The molecule has 3 heteroatoms. The largest absolute Gasteiger partial charge is 0.369 e. The molecule has 0 saturated carbocycles. The molecule has 1 unspecified atom stereocenters. The summed E-state index contributed by atoms with van der Waals surface area (Å²) in [4.78, 5) is 12.5. The van der Waals surface area contributed by atoms with E-state index in [9.17, 15) is 4.79 Å². The van der Waals surface area contributed by atoms with Gasteiger partial charge in [-0.15, -0.1) is 11.6 Å². The van der Waals surface area contributed by atoms with Crippen LogP contribution in [0.15, 0.2) is 30.3 Å². The number of carbonyl (C=O) groups excluding carboxylic acids is 1. The second-order valence-corrected chi connectivity index (χ2v) is 6.42. The van der Waals surface area contributed by atoms with Gasteiger partial charge in [-0.2, -0.15) is 0 Å². The minimum Gasteiger partial charge on any atom is -0.369 e. The predicted molar refractivity (Wildman–Crippen MR) is 98.5 cm³/mol. The van der Waals surface area contributed by atoms with Crippen LogP contribution in [0.25, 0.3) is 0 Å². The number of hydrogen-bond donors (Lipinski definition) is 0. The van der Waals surface area contributed by atoms with Crippen LogP contribution in [-0.4, -0.2) is 24.4 Å². The standard InChI is InChI=1S/C20H31ClO2/c1-2-3-4-5-6-7-8-12-15-19(23-17-16-21)20(22)18-13-10-9-11-14-18/h9-11,13-14,19H,2-8,12,15-17H2,1H3. The molecular formula is C20H31ClO2. The molecule has 0 aromatic heterocycles. The van der Waals surface area contributed by atoms with E-state index in [0.717, 1.165) is 18.4 Å². The van der Waals surface area contributed by atoms with Gasteiger partial charge in [-0.25, -0.2) is 0 Å². The number of benzene rings is 1. The summed E-state index contributed by atoms with van der Waals surface area (Å²) < 4.78 is 5.69. The molecule has 1 rings (SSSR count). The average molecular weight is 339 g/mol. The summed E-state index contributed by atoms with van der Waals surface area (Å²) in [5.74, 6) is 0.509. The molecule has 1 aromatic rings. The van der Waals surface area contributed by atoms with Crippen LogP contribution in [0, 0.1) is 0 Å². The normalized spacial score (nSPS) is 12.3. The molecule has 0 saturated heterocycles. The molecule has 0 amide bonds. The second-order valence-electron chi connectivity index (χ2n) is 6.04. The van der Waals surface area contributed by atoms with Crippen LogP contribution in [0.4, 0.5) is 0 Å². The number of alkyl halides is 1. The van der Waals surface area contributed by atoms with Crippen LogP contribution >= 0.6 is 11.6 Å². The summed E-state index contributed by atoms with van der Waals surface area (Å²) >= 11 is 5.70. The Bertz CT molecular complexity index is 405. The minimum absolute atomic E-state index is 0.0821. The number of ketones is 1. The molecular weight excluding hydrogens is 308 g/mol. The van der Waals surface area contributed by atoms with Gasteiger partial charge in [0, 0.05) is 11.4 Å². The van der Waals surface area contributed by atoms with Crippen molar-refractivity contribution < 1.29 is 9.53 Å². The van der Waals surface area contributed by atoms with E-state index < -0.39 is 0 Å². The lowest BCUT2D eigenvalue weighted by Gasteiger charge is -2.16. The highest BCUT2D eigenvalue weighted by Crippen LogP contribution is 2.15. The molecule has 0 aliphatic heterocycles. The van der Waals surface area contributed by atoms with E-state index in [4.69, 9.17) is 16.3 Å². The SMILES string of the molecule is CCCCCCCCCCC(OCCCl)C(=O)c1ccccc1. The molecule has 0 radical (unpaired) electrons. The first-order chi connectivity index (χ1) is 11.3. The number of Topliss-reactive ketones (excluding diaryl/α,β-unsaturated/α-hetero) is 1. The van der Waals surface area contributed by atoms with Crippen LogP contribution < -0.4 is 0 Å². The topological polar surface area (TPSA) is 26.3 Å². The Morgan fingerprint density at radius 1 is 1.00 bits per heavy atom. The van der Waals surface area contributed by atoms with Crippen LogP contribution in [0.1, 0.15) is 75.1 Å². The Morgan fingerprint density at radius 3 is 2.22 bits per heavy atom. The smallest absolute Gasteiger partial charge is 0.191 e. The van der Waals surface area contributed by atoms with Crippen LogP contribution in [0.3, 0.4) is 0 Å². The van der Waals surface area contributed by atoms with Crippen LogP contribution in [-0.2, 0) is 4.74 Å². The van der Waals surface area contributed by atoms with Crippen molar-refractivity contribution in [1.29, 1.82) is 0 Å². The lowest BCUT2D eigenvalue weighted by atomic mass is 10.00. The van der Waals surface area contributed by atoms with E-state index in [-0.39, 0.29) is 11.9 Å². The fourth-order valence-corrected chi connectivity index (χ4v) is 2.82. The van der Waals surface area contributed by atoms with E-state index >= 15 is 0 Å². The third kappa shape index (κ3) is 9.12. The maximum Gasteiger partial charge on any atom is 0.191 e. The number of unbranched alkanes of at least 4 members (excludes halogenated alkanes) is 7. The second kappa shape index (κ2) is 13.6. The maximum atomic E-state index is 12.5. The van der Waals surface area contributed by atoms with Crippen molar-refractivity contribution in [2.75, 3.05) is 12.5 Å². The van der Waals surface area contributed by atoms with Gasteiger partial charge in [-0.3, -0.25) is 4.79 Å². The van der Waals surface area contributed by atoms with Crippen molar-refractivity contribution in [2.45, 2.75) is 70.8 Å². The fraction of sp³-hybridized carbons (Fsp3) is 0.650. The third-order valence-electron chi connectivity index (χ3n) is 4.07. The fourth-order valence-electron chi connectivity index (χ4n) is 2.73. The zero-order valence-corrected chi connectivity index (χ0v) is 15.2. The van der Waals surface area contributed by atoms with Crippen molar-refractivity contribution in [2.24, 2.45) is 0 Å². The quantitative estimate of drug-likeness (QED) is 0.235. The zero-order valence-electron chi connectivity index (χ0n) is 14.4. The van der Waals surface area contributed by atoms with E-state index in [0.29, 0.717) is 12.5 Å². The first kappa shape index (κ1) is 20.2. The molecule has 2 nitrogen and oxygen atoms in total. The summed E-state index contributed by atoms with van der Waals surface area (Å²) in [6.45, 7) is 2.67. The van der Waals surface area contributed by atoms with Crippen molar-refractivity contribution in [3.05, 3.63) is 35.9 Å². The molecule has 0 aliphatic carbocycles. The monoisotopic (exact) mass is 338 g/mol. The molecule has 0 aliphatic rings. The number of ether oxygens (including phenoxy) is 1. The van der Waals surface area contributed by atoms with Crippen LogP contribution in [0.5, 0.6) is 0 Å². The van der Waals surface area contributed by atoms with Crippen molar-refractivity contribution in [3.63, 3.8) is 0 Å². The van der Waals surface area contributed by atoms with Gasteiger partial charge in [0.15, 0.2) is 5.78 Å². The molecule has 0 spiro atoms. The van der Waals surface area contributed by atoms with E-state index in [2.05, 4.69) is 6.92 Å². The van der Waals surface area contributed by atoms with Crippen molar-refractivity contribution >= 4 is 17.4 Å². The van der Waals surface area contributed by atoms with Gasteiger partial charge in [0.05, 0.1) is 6.61 Å². The molecule has 0 heterocycles. The van der Waals surface area contributed by atoms with Gasteiger partial charge >= 0.3 is 0 Å². The molecule has 1 atom stereocenters. The molecule has 130 valence electrons. The van der Waals surface area contributed by atoms with E-state index in [1.54, 1.807) is 0 Å². The van der Waals surface area contributed by atoms with Crippen molar-refractivity contribution in [1.82, 2.24) is 0 Å². The molecule has 23 heavy (non-hydrogen) atoms. The van der Waals surface area contributed by atoms with Gasteiger partial charge in [0.25, 0.3) is 0 Å². The van der Waals surface area contributed by atoms with Gasteiger partial charge in [-0.05, 0) is 6.42 Å². The van der Waals surface area contributed by atoms with Crippen LogP contribution in [0.2, 0.25) is 0 Å². The van der Waals surface area contributed by atoms with E-state index in [1.165, 1.54) is 44.9 Å². The minimum atomic E-state index is -0.351. The highest BCUT2D eigenvalue weighted by atomic mass is 35.5. The third-order valence-corrected chi connectivity index (χ3v) is 4.22. The first-order valence-corrected chi connectivity index (χ1v) is 9.59. The highest BCUT2D eigenvalue weighted by molar-refractivity contribution is 6.18. The lowest BCUT2D eigenvalue weighted by Crippen LogP contribution is -2.25. The summed E-state index contributed by atoms with van der Waals surface area (Å²) in [6.07, 6.45) is 10.5. The predicted octanol–water partition coefficient (Wildman–Crippen LogP) is 6.02. The number of hydrogen-bond acceptors (Lipinski definition) is 2. The lowest BCUT2D eigenvalue weighted by molar-refractivity contribution is 0.0423. The summed E-state index contributed by atoms with van der Waals surface area (Å²) in [5, 5.41) is 0. The Morgan fingerprint density at radius 2 is 1.61 bits per heavy atom. The molecule has 0 N–H and O–H groups in total. The summed E-state index contributed by atoms with van der Waals surface area (Å²) in [7, 11) is 0. The number of carbonyl (C=O) groups is 1. The van der Waals surface area contributed by atoms with Crippen molar-refractivity contribution in [3.8, 4) is 0 Å². The summed E-state index contributed by atoms with van der Waals surface area (Å²) in [6, 6.07) is 9.41. The molecule has 0 bridgehead atoms. The Hall–Kier alpha value is -0.860.